The molecule has 1 aliphatic heterocycles. The molecule has 0 aliphatic carbocycles. The van der Waals surface area contributed by atoms with Crippen LogP contribution in [-0.2, 0) is 9.53 Å². The van der Waals surface area contributed by atoms with Crippen molar-refractivity contribution in [2.45, 2.75) is 6.10 Å². The summed E-state index contributed by atoms with van der Waals surface area (Å²) in [6.07, 6.45) is 1.97. The number of carbonyl (C=O) groups excluding carboxylic acids is 1. The Labute approximate surface area is 46.6 Å². The second kappa shape index (κ2) is 1.96. The van der Waals surface area contributed by atoms with Gasteiger partial charge in [0.1, 0.15) is 0 Å². The molecule has 0 saturated heterocycles. The number of carbonyl (C=O) groups is 1. The highest BCUT2D eigenvalue weighted by Crippen LogP contribution is 2.02. The highest BCUT2D eigenvalue weighted by molar-refractivity contribution is 5.95. The van der Waals surface area contributed by atoms with Gasteiger partial charge in [0, 0.05) is 6.08 Å². The van der Waals surface area contributed by atoms with Gasteiger partial charge >= 0.3 is 0 Å². The average Bonchev–Trinajstić information content (AvgIpc) is 2.14. The van der Waals surface area contributed by atoms with Crippen LogP contribution >= 0.6 is 0 Å². The van der Waals surface area contributed by atoms with Crippen LogP contribution in [0, 0.1) is 0 Å². The van der Waals surface area contributed by atoms with Crippen LogP contribution in [0.5, 0.6) is 0 Å². The first-order valence-electron chi connectivity index (χ1n) is 2.31. The van der Waals surface area contributed by atoms with Crippen LogP contribution in [0.25, 0.3) is 0 Å². The molecule has 1 rings (SSSR count). The molecule has 0 fully saturated rings. The summed E-state index contributed by atoms with van der Waals surface area (Å²) in [5.41, 5.74) is 0. The molecular formula is C5H6O3. The van der Waals surface area contributed by atoms with Gasteiger partial charge in [0.2, 0.25) is 5.78 Å². The molecule has 1 unspecified atom stereocenters. The number of hydrogen-bond acceptors (Lipinski definition) is 3. The van der Waals surface area contributed by atoms with E-state index in [1.165, 1.54) is 12.3 Å². The molecular weight excluding hydrogens is 108 g/mol. The summed E-state index contributed by atoms with van der Waals surface area (Å²) >= 11 is 0. The van der Waals surface area contributed by atoms with Crippen molar-refractivity contribution >= 4 is 5.78 Å². The molecule has 3 heteroatoms. The minimum atomic E-state index is -0.630. The third-order valence-corrected chi connectivity index (χ3v) is 0.958. The fraction of sp³-hybridized carbons (Fsp3) is 0.400. The van der Waals surface area contributed by atoms with Crippen molar-refractivity contribution in [2.24, 2.45) is 0 Å². The minimum absolute atomic E-state index is 0.160. The van der Waals surface area contributed by atoms with Crippen LogP contribution in [-0.4, -0.2) is 23.6 Å². The van der Waals surface area contributed by atoms with Crippen LogP contribution in [0.1, 0.15) is 0 Å². The lowest BCUT2D eigenvalue weighted by molar-refractivity contribution is -0.121. The highest BCUT2D eigenvalue weighted by atomic mass is 16.5. The van der Waals surface area contributed by atoms with Crippen LogP contribution in [0.3, 0.4) is 0 Å². The Morgan fingerprint density at radius 2 is 2.62 bits per heavy atom. The first-order chi connectivity index (χ1) is 3.84. The van der Waals surface area contributed by atoms with E-state index in [1.807, 2.05) is 0 Å². The van der Waals surface area contributed by atoms with Crippen molar-refractivity contribution in [1.82, 2.24) is 0 Å². The molecule has 0 saturated carbocycles. The summed E-state index contributed by atoms with van der Waals surface area (Å²) < 4.78 is 4.63. The maximum Gasteiger partial charge on any atom is 0.201 e. The zero-order valence-corrected chi connectivity index (χ0v) is 4.20. The van der Waals surface area contributed by atoms with E-state index in [-0.39, 0.29) is 12.4 Å². The van der Waals surface area contributed by atoms with Gasteiger partial charge in [-0.05, 0) is 0 Å². The lowest BCUT2D eigenvalue weighted by Crippen LogP contribution is -2.19. The molecule has 1 atom stereocenters. The van der Waals surface area contributed by atoms with E-state index in [2.05, 4.69) is 4.74 Å². The quantitative estimate of drug-likeness (QED) is 0.498. The zero-order chi connectivity index (χ0) is 5.98. The van der Waals surface area contributed by atoms with Gasteiger partial charge in [-0.1, -0.05) is 0 Å². The highest BCUT2D eigenvalue weighted by Gasteiger charge is 2.18. The summed E-state index contributed by atoms with van der Waals surface area (Å²) in [6.45, 7) is -0.230. The van der Waals surface area contributed by atoms with Crippen molar-refractivity contribution in [3.05, 3.63) is 12.3 Å². The summed E-state index contributed by atoms with van der Waals surface area (Å²) in [5, 5.41) is 8.35. The second-order valence-electron chi connectivity index (χ2n) is 1.51. The Hall–Kier alpha value is -0.830. The predicted molar refractivity (Wildman–Crippen MR) is 26.1 cm³/mol. The molecule has 0 aromatic rings. The number of rotatable bonds is 1. The number of ketones is 1. The number of aliphatic hydroxyl groups excluding tert-OH is 1. The normalized spacial score (nSPS) is 26.1. The smallest absolute Gasteiger partial charge is 0.201 e. The first-order valence-corrected chi connectivity index (χ1v) is 2.31. The van der Waals surface area contributed by atoms with E-state index < -0.39 is 6.10 Å². The van der Waals surface area contributed by atoms with Crippen LogP contribution in [0.15, 0.2) is 12.3 Å². The van der Waals surface area contributed by atoms with Gasteiger partial charge in [0.25, 0.3) is 0 Å². The SMILES string of the molecule is O=C1C=COC1CO. The maximum absolute atomic E-state index is 10.4. The van der Waals surface area contributed by atoms with Gasteiger partial charge in [-0.15, -0.1) is 0 Å². The maximum atomic E-state index is 10.4. The summed E-state index contributed by atoms with van der Waals surface area (Å²) in [4.78, 5) is 10.4. The van der Waals surface area contributed by atoms with Gasteiger partial charge in [0.15, 0.2) is 6.10 Å². The second-order valence-corrected chi connectivity index (χ2v) is 1.51. The topological polar surface area (TPSA) is 46.5 Å². The van der Waals surface area contributed by atoms with E-state index in [9.17, 15) is 4.79 Å². The molecule has 0 aromatic heterocycles. The molecule has 0 spiro atoms. The molecule has 1 heterocycles. The molecule has 8 heavy (non-hydrogen) atoms. The summed E-state index contributed by atoms with van der Waals surface area (Å²) in [7, 11) is 0. The Morgan fingerprint density at radius 1 is 1.88 bits per heavy atom. The van der Waals surface area contributed by atoms with E-state index in [0.717, 1.165) is 0 Å². The molecule has 1 N–H and O–H groups in total. The van der Waals surface area contributed by atoms with Crippen molar-refractivity contribution in [3.63, 3.8) is 0 Å². The number of hydrogen-bond donors (Lipinski definition) is 1. The molecule has 0 bridgehead atoms. The predicted octanol–water partition coefficient (Wildman–Crippen LogP) is -0.540. The van der Waals surface area contributed by atoms with Crippen LogP contribution in [0.2, 0.25) is 0 Å². The van der Waals surface area contributed by atoms with Gasteiger partial charge in [-0.3, -0.25) is 4.79 Å². The van der Waals surface area contributed by atoms with E-state index in [0.29, 0.717) is 0 Å². The Bertz CT molecular complexity index is 128. The summed E-state index contributed by atoms with van der Waals surface area (Å²) in [5.74, 6) is -0.160. The molecule has 44 valence electrons. The van der Waals surface area contributed by atoms with Gasteiger partial charge in [-0.2, -0.15) is 0 Å². The van der Waals surface area contributed by atoms with Crippen LogP contribution in [0.4, 0.5) is 0 Å². The summed E-state index contributed by atoms with van der Waals surface area (Å²) in [6, 6.07) is 0. The standard InChI is InChI=1S/C5H6O3/c6-3-5-4(7)1-2-8-5/h1-2,5-6H,3H2. The van der Waals surface area contributed by atoms with Crippen molar-refractivity contribution < 1.29 is 14.6 Å². The third kappa shape index (κ3) is 0.721. The first kappa shape index (κ1) is 5.31. The number of aliphatic hydroxyl groups is 1. The van der Waals surface area contributed by atoms with E-state index in [1.54, 1.807) is 0 Å². The van der Waals surface area contributed by atoms with Gasteiger partial charge in [0.05, 0.1) is 12.9 Å². The molecule has 0 amide bonds. The molecule has 1 aliphatic rings. The van der Waals surface area contributed by atoms with Crippen molar-refractivity contribution in [2.75, 3.05) is 6.61 Å². The lowest BCUT2D eigenvalue weighted by atomic mass is 10.3. The zero-order valence-electron chi connectivity index (χ0n) is 4.20. The molecule has 0 aromatic carbocycles. The third-order valence-electron chi connectivity index (χ3n) is 0.958. The number of ether oxygens (including phenoxy) is 1. The minimum Gasteiger partial charge on any atom is -0.487 e. The monoisotopic (exact) mass is 114 g/mol. The lowest BCUT2D eigenvalue weighted by Gasteiger charge is -2.01. The Morgan fingerprint density at radius 3 is 2.88 bits per heavy atom. The molecule has 0 radical (unpaired) electrons. The fourth-order valence-electron chi connectivity index (χ4n) is 0.509. The molecule has 3 nitrogen and oxygen atoms in total. The largest absolute Gasteiger partial charge is 0.487 e. The van der Waals surface area contributed by atoms with E-state index >= 15 is 0 Å². The Balaban J connectivity index is 2.51. The van der Waals surface area contributed by atoms with Gasteiger partial charge < -0.3 is 9.84 Å². The van der Waals surface area contributed by atoms with Crippen LogP contribution < -0.4 is 0 Å². The van der Waals surface area contributed by atoms with Crippen molar-refractivity contribution in [3.8, 4) is 0 Å². The average molecular weight is 114 g/mol. The van der Waals surface area contributed by atoms with Gasteiger partial charge in [-0.25, -0.2) is 0 Å². The Kier molecular flexibility index (Phi) is 1.30. The van der Waals surface area contributed by atoms with E-state index in [4.69, 9.17) is 5.11 Å². The van der Waals surface area contributed by atoms with Crippen molar-refractivity contribution in [1.29, 1.82) is 0 Å². The fourth-order valence-corrected chi connectivity index (χ4v) is 0.509.